The van der Waals surface area contributed by atoms with Crippen LogP contribution in [0.5, 0.6) is 0 Å². The highest BCUT2D eigenvalue weighted by molar-refractivity contribution is 8.01. The topological polar surface area (TPSA) is 88.6 Å². The van der Waals surface area contributed by atoms with Gasteiger partial charge in [0.1, 0.15) is 0 Å². The van der Waals surface area contributed by atoms with Gasteiger partial charge in [0.05, 0.1) is 31.0 Å². The molecule has 0 spiro atoms. The largest absolute Gasteiger partial charge is 0.466 e. The van der Waals surface area contributed by atoms with Gasteiger partial charge < -0.3 is 15.0 Å². The average molecular weight is 388 g/mol. The number of carbonyl (C=O) groups excluding carboxylic acids is 3. The highest BCUT2D eigenvalue weighted by atomic mass is 32.2. The van der Waals surface area contributed by atoms with E-state index < -0.39 is 0 Å². The van der Waals surface area contributed by atoms with Crippen LogP contribution in [0.3, 0.4) is 0 Å². The first-order valence-corrected chi connectivity index (χ1v) is 9.75. The van der Waals surface area contributed by atoms with E-state index in [-0.39, 0.29) is 42.0 Å². The molecule has 25 heavy (non-hydrogen) atoms. The zero-order valence-electron chi connectivity index (χ0n) is 15.2. The maximum atomic E-state index is 12.1. The number of ether oxygens (including phenoxy) is 1. The molecule has 0 saturated heterocycles. The minimum Gasteiger partial charge on any atom is -0.466 e. The number of carbonyl (C=O) groups is 3. The number of thioether (sulfide) groups is 1. The van der Waals surface area contributed by atoms with Crippen molar-refractivity contribution in [3.63, 3.8) is 0 Å². The molecule has 0 aliphatic heterocycles. The fourth-order valence-corrected chi connectivity index (χ4v) is 3.58. The first kappa shape index (κ1) is 21.4. The van der Waals surface area contributed by atoms with Crippen molar-refractivity contribution in [2.24, 2.45) is 0 Å². The Morgan fingerprint density at radius 2 is 2.04 bits per heavy atom. The molecule has 1 heterocycles. The van der Waals surface area contributed by atoms with Crippen molar-refractivity contribution in [3.05, 3.63) is 11.1 Å². The van der Waals surface area contributed by atoms with E-state index in [1.54, 1.807) is 19.4 Å². The molecule has 1 N–H and O–H groups in total. The number of hydrogen-bond donors (Lipinski definition) is 1. The molecule has 140 valence electrons. The maximum Gasteiger partial charge on any atom is 0.311 e. The van der Waals surface area contributed by atoms with Crippen LogP contribution < -0.4 is 5.32 Å². The van der Waals surface area contributed by atoms with Crippen LogP contribution in [0.1, 0.15) is 33.4 Å². The first-order valence-electron chi connectivity index (χ1n) is 7.88. The Morgan fingerprint density at radius 3 is 2.64 bits per heavy atom. The maximum absolute atomic E-state index is 12.1. The van der Waals surface area contributed by atoms with Crippen LogP contribution in [-0.4, -0.2) is 59.2 Å². The van der Waals surface area contributed by atoms with Crippen molar-refractivity contribution < 1.29 is 19.1 Å². The minimum atomic E-state index is -0.327. The number of esters is 1. The molecule has 0 aliphatic rings. The summed E-state index contributed by atoms with van der Waals surface area (Å²) < 4.78 is 5.58. The lowest BCUT2D eigenvalue weighted by molar-refractivity contribution is -0.142. The molecule has 0 atom stereocenters. The Morgan fingerprint density at radius 1 is 1.36 bits per heavy atom. The molecule has 7 nitrogen and oxygen atoms in total. The summed E-state index contributed by atoms with van der Waals surface area (Å²) >= 11 is 2.67. The molecule has 1 rings (SSSR count). The Labute approximate surface area is 156 Å². The summed E-state index contributed by atoms with van der Waals surface area (Å²) in [6.07, 6.45) is 0.131. The standard InChI is InChI=1S/C16H25N3O4S2/c1-6-23-14(22)7-11-9-24-15(17-11)25-10-13(21)19(5)8-12(20)18-16(2,3)4/h9H,6-8,10H2,1-5H3,(H,18,20). The van der Waals surface area contributed by atoms with E-state index in [1.165, 1.54) is 28.0 Å². The van der Waals surface area contributed by atoms with Gasteiger partial charge in [0.15, 0.2) is 4.34 Å². The summed E-state index contributed by atoms with van der Waals surface area (Å²) in [5.41, 5.74) is 0.308. The van der Waals surface area contributed by atoms with Crippen LogP contribution in [0.4, 0.5) is 0 Å². The highest BCUT2D eigenvalue weighted by Crippen LogP contribution is 2.23. The number of thiazole rings is 1. The number of amides is 2. The lowest BCUT2D eigenvalue weighted by Crippen LogP contribution is -2.46. The van der Waals surface area contributed by atoms with Gasteiger partial charge in [-0.15, -0.1) is 11.3 Å². The lowest BCUT2D eigenvalue weighted by Gasteiger charge is -2.23. The summed E-state index contributed by atoms with van der Waals surface area (Å²) in [7, 11) is 1.60. The van der Waals surface area contributed by atoms with Crippen molar-refractivity contribution in [2.75, 3.05) is 26.0 Å². The van der Waals surface area contributed by atoms with Gasteiger partial charge in [0, 0.05) is 18.0 Å². The summed E-state index contributed by atoms with van der Waals surface area (Å²) in [6.45, 7) is 7.78. The van der Waals surface area contributed by atoms with E-state index >= 15 is 0 Å². The Balaban J connectivity index is 2.42. The van der Waals surface area contributed by atoms with Gasteiger partial charge >= 0.3 is 5.97 Å². The summed E-state index contributed by atoms with van der Waals surface area (Å²) in [5.74, 6) is -0.480. The predicted octanol–water partition coefficient (Wildman–Crippen LogP) is 1.71. The van der Waals surface area contributed by atoms with Gasteiger partial charge in [-0.3, -0.25) is 14.4 Å². The number of hydrogen-bond acceptors (Lipinski definition) is 7. The number of likely N-dealkylation sites (N-methyl/N-ethyl adjacent to an activating group) is 1. The van der Waals surface area contributed by atoms with Crippen LogP contribution in [0, 0.1) is 0 Å². The van der Waals surface area contributed by atoms with Crippen LogP contribution in [-0.2, 0) is 25.5 Å². The van der Waals surface area contributed by atoms with Gasteiger partial charge in [0.25, 0.3) is 0 Å². The molecule has 0 aliphatic carbocycles. The minimum absolute atomic E-state index is 0.0165. The SMILES string of the molecule is CCOC(=O)Cc1csc(SCC(=O)N(C)CC(=O)NC(C)(C)C)n1. The molecule has 2 amide bonds. The Bertz CT molecular complexity index is 611. The highest BCUT2D eigenvalue weighted by Gasteiger charge is 2.18. The van der Waals surface area contributed by atoms with Gasteiger partial charge in [0.2, 0.25) is 11.8 Å². The van der Waals surface area contributed by atoms with E-state index in [9.17, 15) is 14.4 Å². The summed E-state index contributed by atoms with van der Waals surface area (Å²) in [5, 5.41) is 4.60. The molecule has 9 heteroatoms. The molecule has 0 fully saturated rings. The number of nitrogens with one attached hydrogen (secondary N) is 1. The third kappa shape index (κ3) is 8.87. The molecular weight excluding hydrogens is 362 g/mol. The zero-order valence-corrected chi connectivity index (χ0v) is 16.9. The third-order valence-corrected chi connectivity index (χ3v) is 4.86. The third-order valence-electron chi connectivity index (χ3n) is 2.80. The second-order valence-corrected chi connectivity index (χ2v) is 8.50. The Kier molecular flexibility index (Phi) is 8.37. The van der Waals surface area contributed by atoms with Crippen LogP contribution in [0.15, 0.2) is 9.72 Å². The van der Waals surface area contributed by atoms with E-state index in [1.807, 2.05) is 20.8 Å². The zero-order chi connectivity index (χ0) is 19.0. The fraction of sp³-hybridized carbons (Fsp3) is 0.625. The van der Waals surface area contributed by atoms with Crippen molar-refractivity contribution in [2.45, 2.75) is 44.0 Å². The van der Waals surface area contributed by atoms with Gasteiger partial charge in [-0.1, -0.05) is 11.8 Å². The van der Waals surface area contributed by atoms with Gasteiger partial charge in [-0.05, 0) is 27.7 Å². The van der Waals surface area contributed by atoms with Crippen molar-refractivity contribution in [1.29, 1.82) is 0 Å². The summed E-state index contributed by atoms with van der Waals surface area (Å²) in [6, 6.07) is 0. The molecule has 1 aromatic heterocycles. The predicted molar refractivity (Wildman–Crippen MR) is 98.7 cm³/mol. The second kappa shape index (κ2) is 9.76. The first-order chi connectivity index (χ1) is 11.6. The quantitative estimate of drug-likeness (QED) is 0.540. The smallest absolute Gasteiger partial charge is 0.311 e. The summed E-state index contributed by atoms with van der Waals surface area (Å²) in [4.78, 5) is 41.1. The Hall–Kier alpha value is -1.61. The van der Waals surface area contributed by atoms with E-state index in [0.717, 1.165) is 0 Å². The lowest BCUT2D eigenvalue weighted by atomic mass is 10.1. The molecule has 0 bridgehead atoms. The van der Waals surface area contributed by atoms with Crippen molar-refractivity contribution in [3.8, 4) is 0 Å². The molecule has 0 unspecified atom stereocenters. The number of nitrogens with zero attached hydrogens (tertiary/aromatic N) is 2. The van der Waals surface area contributed by atoms with Crippen LogP contribution >= 0.6 is 23.1 Å². The number of aromatic nitrogens is 1. The second-order valence-electron chi connectivity index (χ2n) is 6.42. The van der Waals surface area contributed by atoms with Gasteiger partial charge in [-0.2, -0.15) is 0 Å². The van der Waals surface area contributed by atoms with E-state index in [2.05, 4.69) is 10.3 Å². The van der Waals surface area contributed by atoms with Crippen molar-refractivity contribution >= 4 is 40.9 Å². The van der Waals surface area contributed by atoms with E-state index in [0.29, 0.717) is 16.6 Å². The molecular formula is C16H25N3O4S2. The molecule has 0 saturated carbocycles. The van der Waals surface area contributed by atoms with Gasteiger partial charge in [-0.25, -0.2) is 4.98 Å². The van der Waals surface area contributed by atoms with Crippen LogP contribution in [0.2, 0.25) is 0 Å². The normalized spacial score (nSPS) is 11.1. The number of rotatable bonds is 8. The van der Waals surface area contributed by atoms with Crippen LogP contribution in [0.25, 0.3) is 0 Å². The molecule has 0 aromatic carbocycles. The molecule has 0 radical (unpaired) electrons. The van der Waals surface area contributed by atoms with E-state index in [4.69, 9.17) is 4.74 Å². The average Bonchev–Trinajstić information content (AvgIpc) is 2.90. The van der Waals surface area contributed by atoms with Crippen molar-refractivity contribution in [1.82, 2.24) is 15.2 Å². The molecule has 1 aromatic rings. The monoisotopic (exact) mass is 387 g/mol. The fourth-order valence-electron chi connectivity index (χ4n) is 1.79.